The van der Waals surface area contributed by atoms with Gasteiger partial charge in [0.05, 0.1) is 24.1 Å². The molecule has 142 valence electrons. The Morgan fingerprint density at radius 3 is 2.61 bits per heavy atom. The second-order valence-electron chi connectivity index (χ2n) is 7.16. The van der Waals surface area contributed by atoms with Gasteiger partial charge >= 0.3 is 0 Å². The van der Waals surface area contributed by atoms with E-state index in [0.717, 1.165) is 49.7 Å². The Bertz CT molecular complexity index is 1130. The smallest absolute Gasteiger partial charge is 0.261 e. The van der Waals surface area contributed by atoms with Crippen LogP contribution in [0.1, 0.15) is 17.8 Å². The van der Waals surface area contributed by atoms with Crippen molar-refractivity contribution >= 4 is 39.8 Å². The Balaban J connectivity index is 1.49. The van der Waals surface area contributed by atoms with Gasteiger partial charge in [0.15, 0.2) is 0 Å². The van der Waals surface area contributed by atoms with Gasteiger partial charge in [-0.3, -0.25) is 9.36 Å². The van der Waals surface area contributed by atoms with E-state index in [1.54, 1.807) is 22.8 Å². The van der Waals surface area contributed by atoms with Crippen molar-refractivity contribution in [3.63, 3.8) is 0 Å². The van der Waals surface area contributed by atoms with Gasteiger partial charge in [0.1, 0.15) is 5.82 Å². The van der Waals surface area contributed by atoms with E-state index in [9.17, 15) is 4.79 Å². The molecule has 2 aliphatic rings. The number of rotatable bonds is 2. The Labute approximate surface area is 167 Å². The van der Waals surface area contributed by atoms with Crippen LogP contribution in [0.4, 0.5) is 5.69 Å². The predicted molar refractivity (Wildman–Crippen MR) is 113 cm³/mol. The zero-order chi connectivity index (χ0) is 19.1. The second kappa shape index (κ2) is 7.08. The summed E-state index contributed by atoms with van der Waals surface area (Å²) in [5.41, 5.74) is 4.06. The molecule has 5 rings (SSSR count). The number of morpholine rings is 1. The molecule has 0 radical (unpaired) electrons. The number of fused-ring (bicyclic) bond motifs is 2. The topological polar surface area (TPSA) is 47.4 Å². The largest absolute Gasteiger partial charge is 0.378 e. The average molecular weight is 394 g/mol. The molecule has 0 unspecified atom stereocenters. The summed E-state index contributed by atoms with van der Waals surface area (Å²) in [6.07, 6.45) is 2.93. The van der Waals surface area contributed by atoms with Crippen molar-refractivity contribution in [1.82, 2.24) is 9.55 Å². The van der Waals surface area contributed by atoms with Crippen molar-refractivity contribution in [3.05, 3.63) is 69.2 Å². The van der Waals surface area contributed by atoms with Crippen molar-refractivity contribution in [2.75, 3.05) is 31.2 Å². The fourth-order valence-corrected chi connectivity index (χ4v) is 4.10. The number of aromatic nitrogens is 2. The van der Waals surface area contributed by atoms with Crippen molar-refractivity contribution in [3.8, 4) is 0 Å². The van der Waals surface area contributed by atoms with Gasteiger partial charge in [0, 0.05) is 30.3 Å². The first-order valence-electron chi connectivity index (χ1n) is 9.53. The highest BCUT2D eigenvalue weighted by Gasteiger charge is 2.21. The van der Waals surface area contributed by atoms with Crippen LogP contribution in [0.25, 0.3) is 22.6 Å². The zero-order valence-corrected chi connectivity index (χ0v) is 16.2. The van der Waals surface area contributed by atoms with E-state index in [0.29, 0.717) is 22.5 Å². The highest BCUT2D eigenvalue weighted by Crippen LogP contribution is 2.28. The minimum Gasteiger partial charge on any atom is -0.378 e. The maximum atomic E-state index is 12.8. The van der Waals surface area contributed by atoms with Gasteiger partial charge in [-0.05, 0) is 54.0 Å². The molecular weight excluding hydrogens is 374 g/mol. The van der Waals surface area contributed by atoms with Crippen LogP contribution < -0.4 is 10.5 Å². The molecule has 0 atom stereocenters. The quantitative estimate of drug-likeness (QED) is 0.663. The zero-order valence-electron chi connectivity index (χ0n) is 15.4. The van der Waals surface area contributed by atoms with Crippen molar-refractivity contribution in [2.45, 2.75) is 13.0 Å². The molecule has 0 saturated carbocycles. The molecule has 0 amide bonds. The molecule has 0 aliphatic carbocycles. The van der Waals surface area contributed by atoms with Crippen LogP contribution in [0.2, 0.25) is 5.02 Å². The first kappa shape index (κ1) is 17.5. The average Bonchev–Trinajstić information content (AvgIpc) is 3.12. The summed E-state index contributed by atoms with van der Waals surface area (Å²) in [7, 11) is 0. The van der Waals surface area contributed by atoms with Gasteiger partial charge in [-0.15, -0.1) is 0 Å². The molecule has 2 aromatic carbocycles. The van der Waals surface area contributed by atoms with Crippen LogP contribution in [-0.4, -0.2) is 35.9 Å². The third kappa shape index (κ3) is 3.11. The van der Waals surface area contributed by atoms with Gasteiger partial charge < -0.3 is 9.64 Å². The summed E-state index contributed by atoms with van der Waals surface area (Å²) in [6, 6.07) is 13.8. The minimum absolute atomic E-state index is 0.00253. The lowest BCUT2D eigenvalue weighted by Gasteiger charge is -2.28. The number of hydrogen-bond acceptors (Lipinski definition) is 4. The number of allylic oxidation sites excluding steroid dienone is 1. The number of benzene rings is 2. The normalized spacial score (nSPS) is 18.0. The van der Waals surface area contributed by atoms with Crippen molar-refractivity contribution < 1.29 is 4.74 Å². The SMILES string of the molecule is O=c1c2ccc(Cl)cc2nc2n1CC/C2=C\c1ccc(N2CCOCC2)cc1. The summed E-state index contributed by atoms with van der Waals surface area (Å²) in [4.78, 5) is 19.9. The summed E-state index contributed by atoms with van der Waals surface area (Å²) in [5.74, 6) is 0.747. The molecule has 3 aromatic rings. The van der Waals surface area contributed by atoms with Crippen LogP contribution in [-0.2, 0) is 11.3 Å². The summed E-state index contributed by atoms with van der Waals surface area (Å²) in [5, 5.41) is 1.20. The van der Waals surface area contributed by atoms with Gasteiger partial charge in [-0.2, -0.15) is 0 Å². The Morgan fingerprint density at radius 2 is 1.82 bits per heavy atom. The lowest BCUT2D eigenvalue weighted by molar-refractivity contribution is 0.122. The van der Waals surface area contributed by atoms with E-state index in [1.807, 2.05) is 0 Å². The summed E-state index contributed by atoms with van der Waals surface area (Å²) >= 11 is 6.09. The molecule has 0 spiro atoms. The van der Waals surface area contributed by atoms with Crippen molar-refractivity contribution in [1.29, 1.82) is 0 Å². The molecule has 6 heteroatoms. The van der Waals surface area contributed by atoms with Crippen LogP contribution in [0, 0.1) is 0 Å². The van der Waals surface area contributed by atoms with E-state index in [1.165, 1.54) is 5.69 Å². The first-order valence-corrected chi connectivity index (χ1v) is 9.91. The summed E-state index contributed by atoms with van der Waals surface area (Å²) in [6.45, 7) is 4.08. The fraction of sp³-hybridized carbons (Fsp3) is 0.273. The molecule has 2 aliphatic heterocycles. The molecule has 1 saturated heterocycles. The van der Waals surface area contributed by atoms with Crippen LogP contribution in [0.15, 0.2) is 47.3 Å². The van der Waals surface area contributed by atoms with Gasteiger partial charge in [0.2, 0.25) is 0 Å². The monoisotopic (exact) mass is 393 g/mol. The second-order valence-corrected chi connectivity index (χ2v) is 7.60. The summed E-state index contributed by atoms with van der Waals surface area (Å²) < 4.78 is 7.19. The van der Waals surface area contributed by atoms with E-state index >= 15 is 0 Å². The number of ether oxygens (including phenoxy) is 1. The van der Waals surface area contributed by atoms with E-state index in [2.05, 4.69) is 35.2 Å². The number of nitrogens with zero attached hydrogens (tertiary/aromatic N) is 3. The Hall–Kier alpha value is -2.63. The van der Waals surface area contributed by atoms with Gasteiger partial charge in [-0.1, -0.05) is 23.7 Å². The molecule has 1 aromatic heterocycles. The van der Waals surface area contributed by atoms with Gasteiger partial charge in [-0.25, -0.2) is 4.98 Å². The number of hydrogen-bond donors (Lipinski definition) is 0. The number of halogens is 1. The maximum absolute atomic E-state index is 12.8. The van der Waals surface area contributed by atoms with E-state index in [-0.39, 0.29) is 5.56 Å². The fourth-order valence-electron chi connectivity index (χ4n) is 3.93. The lowest BCUT2D eigenvalue weighted by Crippen LogP contribution is -2.36. The molecule has 5 nitrogen and oxygen atoms in total. The van der Waals surface area contributed by atoms with Crippen molar-refractivity contribution in [2.24, 2.45) is 0 Å². The van der Waals surface area contributed by atoms with Crippen LogP contribution in [0.3, 0.4) is 0 Å². The van der Waals surface area contributed by atoms with Gasteiger partial charge in [0.25, 0.3) is 5.56 Å². The lowest BCUT2D eigenvalue weighted by atomic mass is 10.1. The van der Waals surface area contributed by atoms with E-state index < -0.39 is 0 Å². The third-order valence-corrected chi connectivity index (χ3v) is 5.65. The Morgan fingerprint density at radius 1 is 1.04 bits per heavy atom. The standard InChI is InChI=1S/C22H20ClN3O2/c23-17-3-6-19-20(14-17)24-21-16(7-8-26(21)22(19)27)13-15-1-4-18(5-2-15)25-9-11-28-12-10-25/h1-6,13-14H,7-12H2/b16-13+. The molecule has 3 heterocycles. The molecule has 0 bridgehead atoms. The third-order valence-electron chi connectivity index (χ3n) is 5.42. The predicted octanol–water partition coefficient (Wildman–Crippen LogP) is 3.83. The minimum atomic E-state index is 0.00253. The molecule has 1 fully saturated rings. The van der Waals surface area contributed by atoms with Crippen LogP contribution >= 0.6 is 11.6 Å². The maximum Gasteiger partial charge on any atom is 0.261 e. The molecule has 0 N–H and O–H groups in total. The molecular formula is C22H20ClN3O2. The first-order chi connectivity index (χ1) is 13.7. The van der Waals surface area contributed by atoms with E-state index in [4.69, 9.17) is 21.3 Å². The van der Waals surface area contributed by atoms with Crippen LogP contribution in [0.5, 0.6) is 0 Å². The number of anilines is 1. The highest BCUT2D eigenvalue weighted by molar-refractivity contribution is 6.31. The highest BCUT2D eigenvalue weighted by atomic mass is 35.5. The Kier molecular flexibility index (Phi) is 4.41. The molecule has 28 heavy (non-hydrogen) atoms.